The molecule has 5 N–H and O–H groups in total. The highest BCUT2D eigenvalue weighted by Gasteiger charge is 2.41. The molecular formula is C23H23BFN5O9. The zero-order valence-electron chi connectivity index (χ0n) is 20.5. The zero-order valence-corrected chi connectivity index (χ0v) is 20.5. The lowest BCUT2D eigenvalue weighted by Crippen LogP contribution is -2.60. The molecule has 2 aliphatic heterocycles. The molecule has 14 nitrogen and oxygen atoms in total. The molecule has 2 aliphatic rings. The fourth-order valence-electron chi connectivity index (χ4n) is 4.29. The number of hydrogen-bond acceptors (Lipinski definition) is 9. The van der Waals surface area contributed by atoms with Gasteiger partial charge in [-0.15, -0.1) is 0 Å². The van der Waals surface area contributed by atoms with Crippen molar-refractivity contribution in [2.45, 2.75) is 25.3 Å². The summed E-state index contributed by atoms with van der Waals surface area (Å²) in [5.74, 6) is -7.61. The van der Waals surface area contributed by atoms with Crippen molar-refractivity contribution in [2.75, 3.05) is 19.6 Å². The summed E-state index contributed by atoms with van der Waals surface area (Å²) in [7, 11) is -1.71. The number of urea groups is 1. The third-order valence-corrected chi connectivity index (χ3v) is 6.32. The molecular weight excluding hydrogens is 520 g/mol. The van der Waals surface area contributed by atoms with Gasteiger partial charge < -0.3 is 35.4 Å². The third-order valence-electron chi connectivity index (χ3n) is 6.32. The van der Waals surface area contributed by atoms with Crippen LogP contribution in [0.25, 0.3) is 0 Å². The van der Waals surface area contributed by atoms with E-state index in [0.717, 1.165) is 12.1 Å². The van der Waals surface area contributed by atoms with E-state index >= 15 is 0 Å². The fraction of sp³-hybridized carbons (Fsp3) is 0.304. The summed E-state index contributed by atoms with van der Waals surface area (Å²) in [6.45, 7) is 1.79. The van der Waals surface area contributed by atoms with Gasteiger partial charge in [0.25, 0.3) is 0 Å². The molecule has 1 aromatic carbocycles. The van der Waals surface area contributed by atoms with Crippen molar-refractivity contribution in [3.8, 4) is 11.6 Å². The van der Waals surface area contributed by atoms with Gasteiger partial charge in [0.1, 0.15) is 11.8 Å². The normalized spacial score (nSPS) is 17.7. The molecule has 0 aliphatic carbocycles. The quantitative estimate of drug-likeness (QED) is 0.175. The summed E-state index contributed by atoms with van der Waals surface area (Å²) in [5.41, 5.74) is -0.313. The van der Waals surface area contributed by atoms with Crippen LogP contribution in [0.2, 0.25) is 0 Å². The van der Waals surface area contributed by atoms with Crippen LogP contribution in [-0.2, 0) is 20.8 Å². The number of aromatic carboxylic acids is 1. The maximum absolute atomic E-state index is 14.7. The number of fused-ring (bicyclic) bond motifs is 1. The Balaban J connectivity index is 1.58. The minimum absolute atomic E-state index is 0.0594. The molecule has 1 saturated heterocycles. The predicted molar refractivity (Wildman–Crippen MR) is 129 cm³/mol. The number of halogens is 1. The summed E-state index contributed by atoms with van der Waals surface area (Å²) in [5, 5.41) is 34.0. The number of piperazine rings is 1. The smallest absolute Gasteiger partial charge is 0.534 e. The summed E-state index contributed by atoms with van der Waals surface area (Å²) in [6, 6.07) is 3.26. The van der Waals surface area contributed by atoms with Gasteiger partial charge in [-0.25, -0.2) is 9.59 Å². The lowest BCUT2D eigenvalue weighted by atomic mass is 9.72. The molecule has 2 atom stereocenters. The number of imide groups is 1. The number of carbonyl (C=O) groups is 5. The molecule has 204 valence electrons. The Bertz CT molecular complexity index is 1360. The molecule has 1 aromatic heterocycles. The first-order valence-electron chi connectivity index (χ1n) is 11.8. The molecule has 2 aromatic rings. The summed E-state index contributed by atoms with van der Waals surface area (Å²) in [4.78, 5) is 67.5. The minimum Gasteiger partial charge on any atom is -0.534 e. The van der Waals surface area contributed by atoms with Crippen LogP contribution in [-0.4, -0.2) is 92.4 Å². The lowest BCUT2D eigenvalue weighted by molar-refractivity contribution is -0.153. The fourth-order valence-corrected chi connectivity index (χ4v) is 4.29. The number of carbonyl (C=O) groups excluding carboxylic acids is 4. The molecule has 4 rings (SSSR count). The van der Waals surface area contributed by atoms with Gasteiger partial charge in [0.2, 0.25) is 17.7 Å². The predicted octanol–water partition coefficient (Wildman–Crippen LogP) is -0.794. The number of likely N-dealkylation sites (N-methyl/N-ethyl adjacent to an activating group) is 1. The third kappa shape index (κ3) is 5.45. The summed E-state index contributed by atoms with van der Waals surface area (Å²) >= 11 is 0. The maximum Gasteiger partial charge on any atom is 0.547 e. The Kier molecular flexibility index (Phi) is 7.67. The highest BCUT2D eigenvalue weighted by atomic mass is 19.1. The van der Waals surface area contributed by atoms with E-state index in [-0.39, 0.29) is 37.4 Å². The Morgan fingerprint density at radius 2 is 1.95 bits per heavy atom. The molecule has 39 heavy (non-hydrogen) atoms. The van der Waals surface area contributed by atoms with Gasteiger partial charge in [-0.1, -0.05) is 12.1 Å². The molecule has 16 heteroatoms. The number of carboxylic acid groups (broad SMARTS) is 1. The maximum atomic E-state index is 14.7. The number of para-hydroxylation sites is 1. The van der Waals surface area contributed by atoms with E-state index < -0.39 is 66.2 Å². The van der Waals surface area contributed by atoms with Gasteiger partial charge in [0.15, 0.2) is 0 Å². The number of aromatic hydroxyl groups is 1. The number of pyridine rings is 1. The van der Waals surface area contributed by atoms with E-state index in [1.54, 1.807) is 6.92 Å². The summed E-state index contributed by atoms with van der Waals surface area (Å²) in [6.07, 6.45) is -0.0771. The number of hydrogen-bond donors (Lipinski definition) is 5. The van der Waals surface area contributed by atoms with Crippen LogP contribution in [0.1, 0.15) is 34.5 Å². The molecule has 0 saturated carbocycles. The highest BCUT2D eigenvalue weighted by molar-refractivity contribution is 6.47. The molecule has 0 spiro atoms. The lowest BCUT2D eigenvalue weighted by Gasteiger charge is -2.33. The molecule has 0 radical (unpaired) electrons. The van der Waals surface area contributed by atoms with E-state index in [9.17, 15) is 43.6 Å². The molecule has 1 unspecified atom stereocenters. The standard InChI is InChI=1S/C23H23BFN5O9/c1-2-29-8-9-30(21(34)20(29)33)23(37)28-16(12-6-7-15(31)27-18(12)25)19(32)26-14-10-11-4-3-5-13(22(35)36)17(11)39-24(14)38/h3-7,14,16,38H,2,8-10H2,1H3,(H,26,32)(H,27,31)(H,28,37)(H,35,36)/t14-,16?/m0/s1. The van der Waals surface area contributed by atoms with E-state index in [0.29, 0.717) is 10.5 Å². The van der Waals surface area contributed by atoms with Crippen LogP contribution in [0.4, 0.5) is 9.18 Å². The average molecular weight is 543 g/mol. The van der Waals surface area contributed by atoms with Crippen LogP contribution in [0.15, 0.2) is 30.3 Å². The number of carboxylic acids is 1. The van der Waals surface area contributed by atoms with Gasteiger partial charge in [-0.2, -0.15) is 9.37 Å². The van der Waals surface area contributed by atoms with E-state index in [2.05, 4.69) is 15.6 Å². The van der Waals surface area contributed by atoms with Gasteiger partial charge in [-0.05, 0) is 31.0 Å². The molecule has 0 bridgehead atoms. The van der Waals surface area contributed by atoms with Crippen molar-refractivity contribution in [2.24, 2.45) is 0 Å². The zero-order chi connectivity index (χ0) is 28.4. The van der Waals surface area contributed by atoms with Gasteiger partial charge >= 0.3 is 30.9 Å². The Labute approximate surface area is 220 Å². The van der Waals surface area contributed by atoms with Crippen molar-refractivity contribution in [3.05, 3.63) is 53.0 Å². The first-order valence-corrected chi connectivity index (χ1v) is 11.8. The number of rotatable bonds is 6. The van der Waals surface area contributed by atoms with Crippen molar-refractivity contribution in [1.82, 2.24) is 25.4 Å². The topological polar surface area (TPSA) is 199 Å². The van der Waals surface area contributed by atoms with Crippen LogP contribution >= 0.6 is 0 Å². The number of amides is 5. The number of nitrogens with one attached hydrogen (secondary N) is 2. The SMILES string of the molecule is CCN1CCN(C(=O)NC(C(=O)N[C@H]2Cc3cccc(C(=O)O)c3OB2O)c2ccc(O)nc2F)C(=O)C1=O. The second-order valence-corrected chi connectivity index (χ2v) is 8.70. The van der Waals surface area contributed by atoms with E-state index in [1.165, 1.54) is 23.1 Å². The molecule has 5 amide bonds. The second-order valence-electron chi connectivity index (χ2n) is 8.70. The van der Waals surface area contributed by atoms with Crippen molar-refractivity contribution in [1.29, 1.82) is 0 Å². The minimum atomic E-state index is -1.82. The van der Waals surface area contributed by atoms with Gasteiger partial charge in [0, 0.05) is 31.3 Å². The van der Waals surface area contributed by atoms with Crippen molar-refractivity contribution in [3.63, 3.8) is 0 Å². The van der Waals surface area contributed by atoms with E-state index in [1.807, 2.05) is 0 Å². The second kappa shape index (κ2) is 10.9. The van der Waals surface area contributed by atoms with E-state index in [4.69, 9.17) is 4.65 Å². The van der Waals surface area contributed by atoms with Crippen LogP contribution in [0, 0.1) is 5.95 Å². The van der Waals surface area contributed by atoms with Crippen LogP contribution in [0.3, 0.4) is 0 Å². The van der Waals surface area contributed by atoms with Crippen LogP contribution < -0.4 is 15.3 Å². The first kappa shape index (κ1) is 27.3. The Hall–Kier alpha value is -4.73. The largest absolute Gasteiger partial charge is 0.547 e. The first-order chi connectivity index (χ1) is 18.5. The summed E-state index contributed by atoms with van der Waals surface area (Å²) < 4.78 is 20.0. The average Bonchev–Trinajstić information content (AvgIpc) is 2.89. The van der Waals surface area contributed by atoms with Crippen molar-refractivity contribution >= 4 is 36.8 Å². The Morgan fingerprint density at radius 3 is 2.62 bits per heavy atom. The molecule has 1 fully saturated rings. The van der Waals surface area contributed by atoms with Crippen LogP contribution in [0.5, 0.6) is 11.6 Å². The van der Waals surface area contributed by atoms with Gasteiger partial charge in [0.05, 0.1) is 11.5 Å². The highest BCUT2D eigenvalue weighted by Crippen LogP contribution is 2.30. The monoisotopic (exact) mass is 543 g/mol. The number of aromatic nitrogens is 1. The molecule has 3 heterocycles. The van der Waals surface area contributed by atoms with Crippen molar-refractivity contribution < 1.29 is 48.3 Å². The number of benzene rings is 1. The number of nitrogens with zero attached hydrogens (tertiary/aromatic N) is 3. The van der Waals surface area contributed by atoms with Gasteiger partial charge in [-0.3, -0.25) is 19.3 Å². The Morgan fingerprint density at radius 1 is 1.21 bits per heavy atom.